The van der Waals surface area contributed by atoms with E-state index in [2.05, 4.69) is 0 Å². The van der Waals surface area contributed by atoms with Crippen molar-refractivity contribution >= 4 is 0 Å². The van der Waals surface area contributed by atoms with Crippen LogP contribution in [0.15, 0.2) is 30.3 Å². The van der Waals surface area contributed by atoms with Gasteiger partial charge >= 0.3 is 0 Å². The number of aliphatic hydroxyl groups excluding tert-OH is 2. The molecule has 0 aliphatic rings. The number of halogens is 1. The van der Waals surface area contributed by atoms with Gasteiger partial charge in [-0.1, -0.05) is 30.3 Å². The number of ether oxygens (including phenoxy) is 2. The fraction of sp³-hybridized carbons (Fsp3) is 0.647. The number of hydroxylamine groups is 3. The van der Waals surface area contributed by atoms with Gasteiger partial charge in [-0.3, -0.25) is 0 Å². The van der Waals surface area contributed by atoms with Gasteiger partial charge in [0, 0.05) is 25.7 Å². The number of aliphatic hydroxyl groups is 2. The minimum Gasteiger partial charge on any atom is -1.00 e. The minimum absolute atomic E-state index is 0. The summed E-state index contributed by atoms with van der Waals surface area (Å²) < 4.78 is 10.6. The van der Waals surface area contributed by atoms with Crippen LogP contribution in [0.25, 0.3) is 0 Å². The maximum atomic E-state index is 10.9. The predicted octanol–water partition coefficient (Wildman–Crippen LogP) is -0.985. The molecular formula is C17H30ClNO5. The van der Waals surface area contributed by atoms with E-state index in [1.807, 2.05) is 51.1 Å². The van der Waals surface area contributed by atoms with E-state index in [0.29, 0.717) is 26.4 Å². The Hall–Kier alpha value is -0.730. The number of rotatable bonds is 11. The van der Waals surface area contributed by atoms with Crippen molar-refractivity contribution in [2.24, 2.45) is 0 Å². The van der Waals surface area contributed by atoms with Crippen LogP contribution in [0, 0.1) is 0 Å². The standard InChI is InChI=1S/C17H30NO5.ClH/c1-5-21-17(22-6-2)16(20)18(14(4)19,23-7-3)13-15-11-9-8-10-12-15;/h8-12,14,16-17,19-20H,5-7,13H2,1-4H3;1H/q+1;/p-1. The second-order valence-corrected chi connectivity index (χ2v) is 5.24. The second kappa shape index (κ2) is 11.8. The van der Waals surface area contributed by atoms with Gasteiger partial charge in [0.1, 0.15) is 13.2 Å². The fourth-order valence-corrected chi connectivity index (χ4v) is 2.54. The summed E-state index contributed by atoms with van der Waals surface area (Å²) in [5.41, 5.74) is 0.938. The summed E-state index contributed by atoms with van der Waals surface area (Å²) in [6.45, 7) is 8.48. The first kappa shape index (κ1) is 23.3. The van der Waals surface area contributed by atoms with Crippen LogP contribution >= 0.6 is 0 Å². The first-order chi connectivity index (χ1) is 11.0. The highest BCUT2D eigenvalue weighted by atomic mass is 35.5. The molecule has 1 rings (SSSR count). The van der Waals surface area contributed by atoms with Crippen molar-refractivity contribution in [1.29, 1.82) is 0 Å². The van der Waals surface area contributed by atoms with Gasteiger partial charge < -0.3 is 32.1 Å². The zero-order chi connectivity index (χ0) is 17.3. The van der Waals surface area contributed by atoms with E-state index in [4.69, 9.17) is 14.3 Å². The maximum Gasteiger partial charge on any atom is 0.275 e. The van der Waals surface area contributed by atoms with E-state index < -0.39 is 23.4 Å². The number of hydrogen-bond donors (Lipinski definition) is 2. The monoisotopic (exact) mass is 363 g/mol. The molecule has 2 N–H and O–H groups in total. The van der Waals surface area contributed by atoms with Crippen molar-refractivity contribution in [2.75, 3.05) is 19.8 Å². The molecule has 24 heavy (non-hydrogen) atoms. The van der Waals surface area contributed by atoms with Gasteiger partial charge in [-0.25, -0.2) is 0 Å². The Balaban J connectivity index is 0.00000529. The summed E-state index contributed by atoms with van der Waals surface area (Å²) >= 11 is 0. The molecule has 0 aliphatic carbocycles. The molecule has 6 nitrogen and oxygen atoms in total. The Labute approximate surface area is 150 Å². The molecule has 0 radical (unpaired) electrons. The van der Waals surface area contributed by atoms with Crippen LogP contribution in [-0.2, 0) is 20.9 Å². The Morgan fingerprint density at radius 2 is 1.50 bits per heavy atom. The first-order valence-corrected chi connectivity index (χ1v) is 8.17. The lowest BCUT2D eigenvalue weighted by Gasteiger charge is -2.42. The molecule has 0 aromatic heterocycles. The van der Waals surface area contributed by atoms with Crippen LogP contribution in [-0.4, -0.2) is 53.4 Å². The van der Waals surface area contributed by atoms with E-state index in [0.717, 1.165) is 5.56 Å². The molecule has 1 aromatic carbocycles. The third kappa shape index (κ3) is 5.97. The molecule has 0 amide bonds. The largest absolute Gasteiger partial charge is 1.00 e. The topological polar surface area (TPSA) is 68.2 Å². The molecule has 3 unspecified atom stereocenters. The number of quaternary nitrogens is 1. The van der Waals surface area contributed by atoms with Gasteiger partial charge in [0.2, 0.25) is 12.5 Å². The lowest BCUT2D eigenvalue weighted by molar-refractivity contribution is -1.18. The van der Waals surface area contributed by atoms with E-state index in [9.17, 15) is 10.2 Å². The Kier molecular flexibility index (Phi) is 11.4. The van der Waals surface area contributed by atoms with Crippen molar-refractivity contribution in [3.8, 4) is 0 Å². The van der Waals surface area contributed by atoms with Crippen molar-refractivity contribution in [3.05, 3.63) is 35.9 Å². The molecule has 0 aliphatic heterocycles. The van der Waals surface area contributed by atoms with Crippen molar-refractivity contribution < 1.29 is 41.6 Å². The SMILES string of the molecule is CCOC(OCC)C(O)[N+](Cc1ccccc1)(OCC)C(C)O.[Cl-]. The lowest BCUT2D eigenvalue weighted by atomic mass is 10.2. The third-order valence-electron chi connectivity index (χ3n) is 3.63. The molecule has 0 heterocycles. The van der Waals surface area contributed by atoms with Crippen LogP contribution in [0.1, 0.15) is 33.3 Å². The van der Waals surface area contributed by atoms with Gasteiger partial charge in [-0.05, 0) is 20.8 Å². The van der Waals surface area contributed by atoms with Crippen molar-refractivity contribution in [1.82, 2.24) is 0 Å². The number of benzene rings is 1. The summed E-state index contributed by atoms with van der Waals surface area (Å²) in [5.74, 6) is 0. The van der Waals surface area contributed by atoms with E-state index in [-0.39, 0.29) is 12.4 Å². The van der Waals surface area contributed by atoms with Crippen LogP contribution in [0.2, 0.25) is 0 Å². The van der Waals surface area contributed by atoms with E-state index in [1.54, 1.807) is 6.92 Å². The van der Waals surface area contributed by atoms with Crippen molar-refractivity contribution in [3.63, 3.8) is 0 Å². The third-order valence-corrected chi connectivity index (χ3v) is 3.63. The molecule has 3 atom stereocenters. The summed E-state index contributed by atoms with van der Waals surface area (Å²) in [5, 5.41) is 21.3. The summed E-state index contributed by atoms with van der Waals surface area (Å²) in [4.78, 5) is 5.81. The molecule has 140 valence electrons. The normalized spacial score (nSPS) is 16.3. The van der Waals surface area contributed by atoms with Gasteiger partial charge in [0.15, 0.2) is 0 Å². The molecule has 0 saturated carbocycles. The van der Waals surface area contributed by atoms with E-state index >= 15 is 0 Å². The Morgan fingerprint density at radius 3 is 1.92 bits per heavy atom. The maximum absolute atomic E-state index is 10.9. The molecular weight excluding hydrogens is 334 g/mol. The molecule has 1 aromatic rings. The Bertz CT molecular complexity index is 428. The van der Waals surface area contributed by atoms with Crippen LogP contribution in [0.5, 0.6) is 0 Å². The number of nitrogens with zero attached hydrogens (tertiary/aromatic N) is 1. The fourth-order valence-electron chi connectivity index (χ4n) is 2.54. The molecule has 0 saturated heterocycles. The highest BCUT2D eigenvalue weighted by molar-refractivity contribution is 5.13. The van der Waals surface area contributed by atoms with Gasteiger partial charge in [0.05, 0.1) is 0 Å². The summed E-state index contributed by atoms with van der Waals surface area (Å²) in [7, 11) is 0. The van der Waals surface area contributed by atoms with Crippen molar-refractivity contribution in [2.45, 2.75) is 53.0 Å². The highest BCUT2D eigenvalue weighted by Gasteiger charge is 2.48. The van der Waals surface area contributed by atoms with E-state index in [1.165, 1.54) is 0 Å². The van der Waals surface area contributed by atoms with Crippen LogP contribution in [0.4, 0.5) is 0 Å². The first-order valence-electron chi connectivity index (χ1n) is 8.17. The zero-order valence-corrected chi connectivity index (χ0v) is 15.6. The zero-order valence-electron chi connectivity index (χ0n) is 14.9. The average Bonchev–Trinajstić information content (AvgIpc) is 2.54. The molecule has 0 spiro atoms. The lowest BCUT2D eigenvalue weighted by Crippen LogP contribution is -3.00. The summed E-state index contributed by atoms with van der Waals surface area (Å²) in [6, 6.07) is 9.59. The minimum atomic E-state index is -1.19. The van der Waals surface area contributed by atoms with Crippen LogP contribution < -0.4 is 12.4 Å². The smallest absolute Gasteiger partial charge is 0.275 e. The average molecular weight is 364 g/mol. The highest BCUT2D eigenvalue weighted by Crippen LogP contribution is 2.26. The second-order valence-electron chi connectivity index (χ2n) is 5.24. The Morgan fingerprint density at radius 1 is 0.958 bits per heavy atom. The molecule has 0 bridgehead atoms. The predicted molar refractivity (Wildman–Crippen MR) is 86.8 cm³/mol. The molecule has 7 heteroatoms. The number of hydrogen-bond acceptors (Lipinski definition) is 5. The van der Waals surface area contributed by atoms with Gasteiger partial charge in [-0.15, -0.1) is 4.65 Å². The molecule has 0 fully saturated rings. The van der Waals surface area contributed by atoms with Gasteiger partial charge in [0.25, 0.3) is 6.23 Å². The summed E-state index contributed by atoms with van der Waals surface area (Å²) in [6.07, 6.45) is -3.03. The van der Waals surface area contributed by atoms with Crippen LogP contribution in [0.3, 0.4) is 0 Å². The van der Waals surface area contributed by atoms with Gasteiger partial charge in [-0.2, -0.15) is 4.84 Å². The quantitative estimate of drug-likeness (QED) is 0.300.